The molecule has 1 fully saturated rings. The van der Waals surface area contributed by atoms with E-state index in [0.717, 1.165) is 13.1 Å². The normalized spacial score (nSPS) is 20.7. The molecule has 1 heterocycles. The van der Waals surface area contributed by atoms with Crippen LogP contribution < -0.4 is 5.32 Å². The van der Waals surface area contributed by atoms with E-state index in [1.807, 2.05) is 6.08 Å². The van der Waals surface area contributed by atoms with Gasteiger partial charge in [0, 0.05) is 26.2 Å². The summed E-state index contributed by atoms with van der Waals surface area (Å²) < 4.78 is 0. The quantitative estimate of drug-likeness (QED) is 0.512. The minimum Gasteiger partial charge on any atom is -0.312 e. The van der Waals surface area contributed by atoms with Gasteiger partial charge in [0.25, 0.3) is 0 Å². The van der Waals surface area contributed by atoms with Gasteiger partial charge in [0.15, 0.2) is 0 Å². The second kappa shape index (κ2) is 6.29. The van der Waals surface area contributed by atoms with Gasteiger partial charge in [-0.05, 0) is 31.2 Å². The van der Waals surface area contributed by atoms with E-state index in [1.165, 1.54) is 38.9 Å². The predicted molar refractivity (Wildman–Crippen MR) is 67.1 cm³/mol. The summed E-state index contributed by atoms with van der Waals surface area (Å²) in [4.78, 5) is 2.60. The average Bonchev–Trinajstić information content (AvgIpc) is 2.69. The van der Waals surface area contributed by atoms with Crippen LogP contribution in [0.25, 0.3) is 0 Å². The molecule has 0 aromatic carbocycles. The van der Waals surface area contributed by atoms with E-state index in [1.54, 1.807) is 0 Å². The minimum absolute atomic E-state index is 0.623. The maximum atomic E-state index is 3.70. The second-order valence-electron chi connectivity index (χ2n) is 4.73. The third-order valence-corrected chi connectivity index (χ3v) is 3.91. The molecule has 1 aliphatic rings. The Morgan fingerprint density at radius 2 is 2.13 bits per heavy atom. The Bertz CT molecular complexity index is 185. The van der Waals surface area contributed by atoms with Crippen LogP contribution in [-0.4, -0.2) is 37.6 Å². The van der Waals surface area contributed by atoms with Crippen LogP contribution in [0, 0.1) is 5.41 Å². The number of likely N-dealkylation sites (tertiary alicyclic amines) is 1. The standard InChI is InChI=1S/C13H26N2/c1-4-8-14-9-11-15-10-7-13(5-2,6-3)12-15/h4,14H,1,5-12H2,2-3H3. The van der Waals surface area contributed by atoms with Crippen molar-refractivity contribution in [1.29, 1.82) is 0 Å². The van der Waals surface area contributed by atoms with Gasteiger partial charge in [0.1, 0.15) is 0 Å². The molecule has 0 unspecified atom stereocenters. The zero-order valence-corrected chi connectivity index (χ0v) is 10.4. The highest BCUT2D eigenvalue weighted by Gasteiger charge is 2.34. The molecule has 0 amide bonds. The van der Waals surface area contributed by atoms with Crippen LogP contribution in [0.1, 0.15) is 33.1 Å². The molecule has 0 aromatic heterocycles. The van der Waals surface area contributed by atoms with Crippen molar-refractivity contribution in [1.82, 2.24) is 10.2 Å². The molecule has 0 bridgehead atoms. The third-order valence-electron chi connectivity index (χ3n) is 3.91. The zero-order chi connectivity index (χ0) is 11.1. The fourth-order valence-corrected chi connectivity index (χ4v) is 2.49. The molecule has 1 rings (SSSR count). The molecule has 0 spiro atoms. The van der Waals surface area contributed by atoms with Crippen molar-refractivity contribution in [2.45, 2.75) is 33.1 Å². The van der Waals surface area contributed by atoms with Crippen LogP contribution in [0.15, 0.2) is 12.7 Å². The molecule has 0 atom stereocenters. The molecular weight excluding hydrogens is 184 g/mol. The number of hydrogen-bond acceptors (Lipinski definition) is 2. The van der Waals surface area contributed by atoms with E-state index in [2.05, 4.69) is 30.6 Å². The molecule has 1 saturated heterocycles. The number of rotatable bonds is 7. The van der Waals surface area contributed by atoms with Gasteiger partial charge in [-0.2, -0.15) is 0 Å². The number of nitrogens with one attached hydrogen (secondary N) is 1. The summed E-state index contributed by atoms with van der Waals surface area (Å²) in [6.45, 7) is 14.2. The summed E-state index contributed by atoms with van der Waals surface area (Å²) in [5.41, 5.74) is 0.623. The van der Waals surface area contributed by atoms with Gasteiger partial charge >= 0.3 is 0 Å². The monoisotopic (exact) mass is 210 g/mol. The van der Waals surface area contributed by atoms with Crippen LogP contribution in [0.3, 0.4) is 0 Å². The Morgan fingerprint density at radius 1 is 1.40 bits per heavy atom. The fraction of sp³-hybridized carbons (Fsp3) is 0.846. The maximum Gasteiger partial charge on any atom is 0.0132 e. The largest absolute Gasteiger partial charge is 0.312 e. The highest BCUT2D eigenvalue weighted by Crippen LogP contribution is 2.36. The SMILES string of the molecule is C=CCNCCN1CCC(CC)(CC)C1. The van der Waals surface area contributed by atoms with Gasteiger partial charge in [0.2, 0.25) is 0 Å². The van der Waals surface area contributed by atoms with E-state index in [9.17, 15) is 0 Å². The Kier molecular flexibility index (Phi) is 5.34. The Labute approximate surface area is 94.7 Å². The molecule has 1 aliphatic heterocycles. The highest BCUT2D eigenvalue weighted by molar-refractivity contribution is 4.88. The van der Waals surface area contributed by atoms with Gasteiger partial charge in [-0.25, -0.2) is 0 Å². The van der Waals surface area contributed by atoms with Crippen molar-refractivity contribution >= 4 is 0 Å². The lowest BCUT2D eigenvalue weighted by molar-refractivity contribution is 0.241. The van der Waals surface area contributed by atoms with Crippen molar-refractivity contribution in [3.05, 3.63) is 12.7 Å². The zero-order valence-electron chi connectivity index (χ0n) is 10.4. The van der Waals surface area contributed by atoms with Gasteiger partial charge in [-0.15, -0.1) is 6.58 Å². The summed E-state index contributed by atoms with van der Waals surface area (Å²) in [5.74, 6) is 0. The van der Waals surface area contributed by atoms with Gasteiger partial charge in [0.05, 0.1) is 0 Å². The lowest BCUT2D eigenvalue weighted by Crippen LogP contribution is -2.32. The molecule has 0 radical (unpaired) electrons. The summed E-state index contributed by atoms with van der Waals surface area (Å²) in [6.07, 6.45) is 5.98. The molecule has 15 heavy (non-hydrogen) atoms. The predicted octanol–water partition coefficient (Wildman–Crippen LogP) is 2.27. The van der Waals surface area contributed by atoms with Crippen LogP contribution in [0.5, 0.6) is 0 Å². The molecule has 0 aliphatic carbocycles. The number of hydrogen-bond donors (Lipinski definition) is 1. The van der Waals surface area contributed by atoms with E-state index in [0.29, 0.717) is 5.41 Å². The van der Waals surface area contributed by atoms with Gasteiger partial charge in [-0.3, -0.25) is 0 Å². The van der Waals surface area contributed by atoms with Crippen LogP contribution in [0.2, 0.25) is 0 Å². The second-order valence-corrected chi connectivity index (χ2v) is 4.73. The lowest BCUT2D eigenvalue weighted by Gasteiger charge is -2.26. The first-order valence-corrected chi connectivity index (χ1v) is 6.30. The Hall–Kier alpha value is -0.340. The molecule has 0 saturated carbocycles. The first kappa shape index (κ1) is 12.7. The smallest absolute Gasteiger partial charge is 0.0132 e. The van der Waals surface area contributed by atoms with Gasteiger partial charge < -0.3 is 10.2 Å². The summed E-state index contributed by atoms with van der Waals surface area (Å²) in [7, 11) is 0. The summed E-state index contributed by atoms with van der Waals surface area (Å²) in [5, 5.41) is 3.37. The highest BCUT2D eigenvalue weighted by atomic mass is 15.2. The van der Waals surface area contributed by atoms with Gasteiger partial charge in [-0.1, -0.05) is 19.9 Å². The lowest BCUT2D eigenvalue weighted by atomic mass is 9.82. The average molecular weight is 210 g/mol. The first-order chi connectivity index (χ1) is 7.26. The van der Waals surface area contributed by atoms with Crippen molar-refractivity contribution in [2.75, 3.05) is 32.7 Å². The maximum absolute atomic E-state index is 3.70. The van der Waals surface area contributed by atoms with E-state index in [4.69, 9.17) is 0 Å². The summed E-state index contributed by atoms with van der Waals surface area (Å²) in [6, 6.07) is 0. The van der Waals surface area contributed by atoms with Crippen molar-refractivity contribution in [2.24, 2.45) is 5.41 Å². The fourth-order valence-electron chi connectivity index (χ4n) is 2.49. The first-order valence-electron chi connectivity index (χ1n) is 6.30. The Morgan fingerprint density at radius 3 is 2.67 bits per heavy atom. The summed E-state index contributed by atoms with van der Waals surface area (Å²) >= 11 is 0. The molecule has 88 valence electrons. The van der Waals surface area contributed by atoms with E-state index >= 15 is 0 Å². The van der Waals surface area contributed by atoms with Crippen molar-refractivity contribution in [3.8, 4) is 0 Å². The van der Waals surface area contributed by atoms with Crippen molar-refractivity contribution in [3.63, 3.8) is 0 Å². The molecule has 2 nitrogen and oxygen atoms in total. The van der Waals surface area contributed by atoms with E-state index < -0.39 is 0 Å². The molecule has 0 aromatic rings. The van der Waals surface area contributed by atoms with Crippen LogP contribution in [-0.2, 0) is 0 Å². The molecule has 2 heteroatoms. The van der Waals surface area contributed by atoms with Crippen LogP contribution in [0.4, 0.5) is 0 Å². The Balaban J connectivity index is 2.21. The topological polar surface area (TPSA) is 15.3 Å². The number of nitrogens with zero attached hydrogens (tertiary/aromatic N) is 1. The molecule has 1 N–H and O–H groups in total. The minimum atomic E-state index is 0.623. The van der Waals surface area contributed by atoms with Crippen molar-refractivity contribution < 1.29 is 0 Å². The van der Waals surface area contributed by atoms with E-state index in [-0.39, 0.29) is 0 Å². The van der Waals surface area contributed by atoms with Crippen LogP contribution >= 0.6 is 0 Å². The molecular formula is C13H26N2. The third kappa shape index (κ3) is 3.62.